The molecular weight excluding hydrogens is 252 g/mol. The summed E-state index contributed by atoms with van der Waals surface area (Å²) in [5.41, 5.74) is 8.74. The standard InChI is InChI=1S/C14H18N6/c15-14-16-11(8-13(17-14)20-5-1-2-6-20)12-7-10(18-19-12)9-3-4-9/h7-9H,1-6H2,(H,18,19)(H2,15,16,17). The molecule has 0 unspecified atom stereocenters. The van der Waals surface area contributed by atoms with Crippen molar-refractivity contribution in [1.29, 1.82) is 0 Å². The van der Waals surface area contributed by atoms with E-state index < -0.39 is 0 Å². The normalized spacial score (nSPS) is 18.7. The molecule has 0 spiro atoms. The Balaban J connectivity index is 1.68. The van der Waals surface area contributed by atoms with Crippen LogP contribution in [-0.4, -0.2) is 33.3 Å². The van der Waals surface area contributed by atoms with E-state index in [1.165, 1.54) is 31.4 Å². The molecule has 0 amide bonds. The van der Waals surface area contributed by atoms with Crippen molar-refractivity contribution in [3.05, 3.63) is 17.8 Å². The molecule has 6 nitrogen and oxygen atoms in total. The Morgan fingerprint density at radius 1 is 1.10 bits per heavy atom. The van der Waals surface area contributed by atoms with Crippen molar-refractivity contribution in [3.8, 4) is 11.4 Å². The van der Waals surface area contributed by atoms with Gasteiger partial charge in [0.2, 0.25) is 5.95 Å². The number of nitrogens with one attached hydrogen (secondary N) is 1. The highest BCUT2D eigenvalue weighted by Crippen LogP contribution is 2.40. The second-order valence-corrected chi connectivity index (χ2v) is 5.65. The van der Waals surface area contributed by atoms with Crippen molar-refractivity contribution in [2.45, 2.75) is 31.6 Å². The van der Waals surface area contributed by atoms with Gasteiger partial charge in [0, 0.05) is 30.8 Å². The van der Waals surface area contributed by atoms with E-state index in [4.69, 9.17) is 5.73 Å². The summed E-state index contributed by atoms with van der Waals surface area (Å²) < 4.78 is 0. The first-order chi connectivity index (χ1) is 9.79. The van der Waals surface area contributed by atoms with Gasteiger partial charge in [0.15, 0.2) is 0 Å². The molecular formula is C14H18N6. The van der Waals surface area contributed by atoms with Gasteiger partial charge in [-0.05, 0) is 31.7 Å². The number of H-pyrrole nitrogens is 1. The van der Waals surface area contributed by atoms with Gasteiger partial charge in [-0.2, -0.15) is 10.1 Å². The monoisotopic (exact) mass is 270 g/mol. The molecule has 1 aliphatic heterocycles. The average Bonchev–Trinajstić information content (AvgIpc) is 2.97. The quantitative estimate of drug-likeness (QED) is 0.890. The Morgan fingerprint density at radius 3 is 2.65 bits per heavy atom. The van der Waals surface area contributed by atoms with E-state index >= 15 is 0 Å². The first-order valence-electron chi connectivity index (χ1n) is 7.25. The first-order valence-corrected chi connectivity index (χ1v) is 7.25. The number of aromatic nitrogens is 4. The second kappa shape index (κ2) is 4.47. The lowest BCUT2D eigenvalue weighted by Gasteiger charge is -2.16. The summed E-state index contributed by atoms with van der Waals surface area (Å²) in [6.45, 7) is 2.09. The smallest absolute Gasteiger partial charge is 0.222 e. The Morgan fingerprint density at radius 2 is 1.90 bits per heavy atom. The Kier molecular flexibility index (Phi) is 2.61. The number of anilines is 2. The summed E-state index contributed by atoms with van der Waals surface area (Å²) in [5.74, 6) is 1.90. The summed E-state index contributed by atoms with van der Waals surface area (Å²) in [7, 11) is 0. The van der Waals surface area contributed by atoms with Gasteiger partial charge in [0.25, 0.3) is 0 Å². The molecule has 104 valence electrons. The van der Waals surface area contributed by atoms with Crippen LogP contribution < -0.4 is 10.6 Å². The number of hydrogen-bond acceptors (Lipinski definition) is 5. The summed E-state index contributed by atoms with van der Waals surface area (Å²) >= 11 is 0. The molecule has 0 aromatic carbocycles. The fourth-order valence-electron chi connectivity index (χ4n) is 2.76. The highest BCUT2D eigenvalue weighted by Gasteiger charge is 2.26. The largest absolute Gasteiger partial charge is 0.368 e. The highest BCUT2D eigenvalue weighted by atomic mass is 15.2. The van der Waals surface area contributed by atoms with E-state index in [1.807, 2.05) is 6.07 Å². The van der Waals surface area contributed by atoms with E-state index in [2.05, 4.69) is 31.1 Å². The zero-order valence-electron chi connectivity index (χ0n) is 11.3. The van der Waals surface area contributed by atoms with Crippen LogP contribution in [0.3, 0.4) is 0 Å². The van der Waals surface area contributed by atoms with Gasteiger partial charge in [-0.3, -0.25) is 5.10 Å². The number of hydrogen-bond donors (Lipinski definition) is 2. The molecule has 4 rings (SSSR count). The molecule has 2 aliphatic rings. The van der Waals surface area contributed by atoms with Gasteiger partial charge in [-0.25, -0.2) is 4.98 Å². The first kappa shape index (κ1) is 11.7. The van der Waals surface area contributed by atoms with Gasteiger partial charge in [-0.15, -0.1) is 0 Å². The lowest BCUT2D eigenvalue weighted by molar-refractivity contribution is 0.930. The molecule has 1 saturated carbocycles. The Hall–Kier alpha value is -2.11. The fraction of sp³-hybridized carbons (Fsp3) is 0.500. The Bertz CT molecular complexity index is 624. The number of rotatable bonds is 3. The minimum absolute atomic E-state index is 0.320. The predicted molar refractivity (Wildman–Crippen MR) is 77.4 cm³/mol. The van der Waals surface area contributed by atoms with Crippen LogP contribution in [0.15, 0.2) is 12.1 Å². The van der Waals surface area contributed by atoms with Gasteiger partial charge < -0.3 is 10.6 Å². The average molecular weight is 270 g/mol. The van der Waals surface area contributed by atoms with Crippen LogP contribution in [0.4, 0.5) is 11.8 Å². The molecule has 2 aromatic heterocycles. The van der Waals surface area contributed by atoms with Crippen molar-refractivity contribution in [2.24, 2.45) is 0 Å². The van der Waals surface area contributed by atoms with Crippen LogP contribution in [0.5, 0.6) is 0 Å². The van der Waals surface area contributed by atoms with Crippen LogP contribution in [-0.2, 0) is 0 Å². The van der Waals surface area contributed by atoms with Crippen LogP contribution in [0.2, 0.25) is 0 Å². The zero-order chi connectivity index (χ0) is 13.5. The molecule has 0 atom stereocenters. The molecule has 2 aromatic rings. The molecule has 2 fully saturated rings. The van der Waals surface area contributed by atoms with E-state index in [0.717, 1.165) is 30.3 Å². The molecule has 1 aliphatic carbocycles. The highest BCUT2D eigenvalue weighted by molar-refractivity contribution is 5.61. The second-order valence-electron chi connectivity index (χ2n) is 5.65. The van der Waals surface area contributed by atoms with Crippen molar-refractivity contribution in [1.82, 2.24) is 20.2 Å². The van der Waals surface area contributed by atoms with Gasteiger partial charge in [0.1, 0.15) is 11.5 Å². The summed E-state index contributed by atoms with van der Waals surface area (Å²) in [5, 5.41) is 7.48. The number of aromatic amines is 1. The van der Waals surface area contributed by atoms with Crippen molar-refractivity contribution < 1.29 is 0 Å². The zero-order valence-corrected chi connectivity index (χ0v) is 11.3. The number of nitrogen functional groups attached to an aromatic ring is 1. The van der Waals surface area contributed by atoms with Crippen molar-refractivity contribution in [2.75, 3.05) is 23.7 Å². The molecule has 6 heteroatoms. The minimum atomic E-state index is 0.320. The lowest BCUT2D eigenvalue weighted by atomic mass is 10.2. The molecule has 3 heterocycles. The number of nitrogens with zero attached hydrogens (tertiary/aromatic N) is 4. The van der Waals surface area contributed by atoms with E-state index in [9.17, 15) is 0 Å². The van der Waals surface area contributed by atoms with E-state index in [1.54, 1.807) is 0 Å². The number of nitrogens with two attached hydrogens (primary N) is 1. The minimum Gasteiger partial charge on any atom is -0.368 e. The van der Waals surface area contributed by atoms with Crippen LogP contribution >= 0.6 is 0 Å². The van der Waals surface area contributed by atoms with Crippen LogP contribution in [0.1, 0.15) is 37.3 Å². The van der Waals surface area contributed by atoms with Gasteiger partial charge >= 0.3 is 0 Å². The maximum Gasteiger partial charge on any atom is 0.222 e. The molecule has 1 saturated heterocycles. The van der Waals surface area contributed by atoms with Gasteiger partial charge in [0.05, 0.1) is 5.69 Å². The lowest BCUT2D eigenvalue weighted by Crippen LogP contribution is -2.19. The topological polar surface area (TPSA) is 83.7 Å². The maximum absolute atomic E-state index is 5.86. The Labute approximate surface area is 117 Å². The summed E-state index contributed by atoms with van der Waals surface area (Å²) in [4.78, 5) is 10.9. The van der Waals surface area contributed by atoms with Crippen molar-refractivity contribution >= 4 is 11.8 Å². The van der Waals surface area contributed by atoms with E-state index in [0.29, 0.717) is 11.9 Å². The molecule has 0 radical (unpaired) electrons. The van der Waals surface area contributed by atoms with Crippen LogP contribution in [0.25, 0.3) is 11.4 Å². The van der Waals surface area contributed by atoms with Crippen LogP contribution in [0, 0.1) is 0 Å². The molecule has 0 bridgehead atoms. The molecule has 20 heavy (non-hydrogen) atoms. The summed E-state index contributed by atoms with van der Waals surface area (Å²) in [6, 6.07) is 4.09. The maximum atomic E-state index is 5.86. The molecule has 3 N–H and O–H groups in total. The third-order valence-electron chi connectivity index (χ3n) is 4.04. The third-order valence-corrected chi connectivity index (χ3v) is 4.04. The third kappa shape index (κ3) is 2.11. The van der Waals surface area contributed by atoms with Crippen molar-refractivity contribution in [3.63, 3.8) is 0 Å². The van der Waals surface area contributed by atoms with Gasteiger partial charge in [-0.1, -0.05) is 0 Å². The van der Waals surface area contributed by atoms with E-state index in [-0.39, 0.29) is 0 Å². The SMILES string of the molecule is Nc1nc(-c2cc(C3CC3)[nH]n2)cc(N2CCCC2)n1. The predicted octanol–water partition coefficient (Wildman–Crippen LogP) is 1.93. The fourth-order valence-corrected chi connectivity index (χ4v) is 2.76. The summed E-state index contributed by atoms with van der Waals surface area (Å²) in [6.07, 6.45) is 4.94.